The van der Waals surface area contributed by atoms with Crippen molar-refractivity contribution in [3.8, 4) is 11.5 Å². The van der Waals surface area contributed by atoms with Crippen molar-refractivity contribution in [3.63, 3.8) is 0 Å². The van der Waals surface area contributed by atoms with E-state index >= 15 is 0 Å². The van der Waals surface area contributed by atoms with E-state index < -0.39 is 0 Å². The first kappa shape index (κ1) is 9.93. The Kier molecular flexibility index (Phi) is 2.46. The van der Waals surface area contributed by atoms with E-state index in [1.165, 1.54) is 5.56 Å². The average Bonchev–Trinajstić information content (AvgIpc) is 2.76. The van der Waals surface area contributed by atoms with E-state index in [-0.39, 0.29) is 12.1 Å². The first-order valence-corrected chi connectivity index (χ1v) is 5.73. The van der Waals surface area contributed by atoms with Crippen molar-refractivity contribution < 1.29 is 9.47 Å². The Balaban J connectivity index is 1.88. The molecule has 3 N–H and O–H groups in total. The molecule has 1 saturated heterocycles. The molecule has 3 rings (SSSR count). The molecule has 4 nitrogen and oxygen atoms in total. The molecular weight excluding hydrogens is 204 g/mol. The van der Waals surface area contributed by atoms with Crippen LogP contribution in [0.5, 0.6) is 11.5 Å². The van der Waals surface area contributed by atoms with Crippen molar-refractivity contribution >= 4 is 0 Å². The molecule has 16 heavy (non-hydrogen) atoms. The Morgan fingerprint density at radius 3 is 3.00 bits per heavy atom. The summed E-state index contributed by atoms with van der Waals surface area (Å²) in [5.41, 5.74) is 7.31. The third kappa shape index (κ3) is 1.64. The Bertz CT molecular complexity index is 395. The lowest BCUT2D eigenvalue weighted by atomic mass is 9.93. The molecule has 0 radical (unpaired) electrons. The molecule has 0 aromatic heterocycles. The van der Waals surface area contributed by atoms with E-state index in [1.807, 2.05) is 12.1 Å². The van der Waals surface area contributed by atoms with Crippen LogP contribution in [0.15, 0.2) is 18.2 Å². The van der Waals surface area contributed by atoms with Gasteiger partial charge >= 0.3 is 0 Å². The van der Waals surface area contributed by atoms with Crippen molar-refractivity contribution in [2.45, 2.75) is 24.9 Å². The molecule has 1 aromatic rings. The molecule has 86 valence electrons. The highest BCUT2D eigenvalue weighted by atomic mass is 16.7. The first-order chi connectivity index (χ1) is 7.84. The van der Waals surface area contributed by atoms with Gasteiger partial charge in [0.2, 0.25) is 6.79 Å². The monoisotopic (exact) mass is 220 g/mol. The van der Waals surface area contributed by atoms with Crippen LogP contribution >= 0.6 is 0 Å². The summed E-state index contributed by atoms with van der Waals surface area (Å²) in [6, 6.07) is 6.49. The maximum Gasteiger partial charge on any atom is 0.231 e. The number of nitrogens with two attached hydrogens (primary N) is 1. The molecule has 2 unspecified atom stereocenters. The number of nitrogens with one attached hydrogen (secondary N) is 1. The third-order valence-corrected chi connectivity index (χ3v) is 3.26. The van der Waals surface area contributed by atoms with Crippen LogP contribution in [0.4, 0.5) is 0 Å². The van der Waals surface area contributed by atoms with Gasteiger partial charge in [0, 0.05) is 12.1 Å². The lowest BCUT2D eigenvalue weighted by Gasteiger charge is -2.30. The summed E-state index contributed by atoms with van der Waals surface area (Å²) >= 11 is 0. The summed E-state index contributed by atoms with van der Waals surface area (Å²) < 4.78 is 10.7. The number of piperidine rings is 1. The Labute approximate surface area is 94.7 Å². The van der Waals surface area contributed by atoms with Crippen LogP contribution < -0.4 is 20.5 Å². The zero-order valence-corrected chi connectivity index (χ0v) is 9.11. The molecular formula is C12H16N2O2. The van der Waals surface area contributed by atoms with Gasteiger partial charge in [-0.15, -0.1) is 0 Å². The van der Waals surface area contributed by atoms with Crippen LogP contribution in [0, 0.1) is 0 Å². The highest BCUT2D eigenvalue weighted by Gasteiger charge is 2.24. The summed E-state index contributed by atoms with van der Waals surface area (Å²) in [4.78, 5) is 0. The topological polar surface area (TPSA) is 56.5 Å². The van der Waals surface area contributed by atoms with Gasteiger partial charge in [0.1, 0.15) is 0 Å². The van der Waals surface area contributed by atoms with Crippen LogP contribution in [0.2, 0.25) is 0 Å². The van der Waals surface area contributed by atoms with E-state index in [1.54, 1.807) is 0 Å². The van der Waals surface area contributed by atoms with Gasteiger partial charge in [-0.05, 0) is 37.1 Å². The molecule has 0 amide bonds. The lowest BCUT2D eigenvalue weighted by Crippen LogP contribution is -2.42. The number of fused-ring (bicyclic) bond motifs is 1. The second-order valence-corrected chi connectivity index (χ2v) is 4.35. The molecule has 0 bridgehead atoms. The van der Waals surface area contributed by atoms with E-state index in [2.05, 4.69) is 11.4 Å². The highest BCUT2D eigenvalue weighted by molar-refractivity contribution is 5.45. The number of benzene rings is 1. The largest absolute Gasteiger partial charge is 0.454 e. The SMILES string of the molecule is NC1CCCNC1c1ccc2c(c1)OCO2. The van der Waals surface area contributed by atoms with Gasteiger partial charge < -0.3 is 20.5 Å². The molecule has 0 spiro atoms. The fraction of sp³-hybridized carbons (Fsp3) is 0.500. The van der Waals surface area contributed by atoms with Crippen molar-refractivity contribution in [3.05, 3.63) is 23.8 Å². The predicted octanol–water partition coefficient (Wildman–Crippen LogP) is 1.17. The molecule has 1 aromatic carbocycles. The Morgan fingerprint density at radius 1 is 1.25 bits per heavy atom. The molecule has 2 heterocycles. The molecule has 0 saturated carbocycles. The minimum atomic E-state index is 0.189. The predicted molar refractivity (Wildman–Crippen MR) is 60.5 cm³/mol. The smallest absolute Gasteiger partial charge is 0.231 e. The quantitative estimate of drug-likeness (QED) is 0.746. The first-order valence-electron chi connectivity index (χ1n) is 5.73. The maximum absolute atomic E-state index is 6.12. The maximum atomic E-state index is 6.12. The van der Waals surface area contributed by atoms with Crippen molar-refractivity contribution in [1.82, 2.24) is 5.32 Å². The van der Waals surface area contributed by atoms with E-state index in [0.717, 1.165) is 30.9 Å². The summed E-state index contributed by atoms with van der Waals surface area (Å²) in [6.07, 6.45) is 2.23. The summed E-state index contributed by atoms with van der Waals surface area (Å²) in [7, 11) is 0. The van der Waals surface area contributed by atoms with E-state index in [9.17, 15) is 0 Å². The van der Waals surface area contributed by atoms with Crippen molar-refractivity contribution in [2.75, 3.05) is 13.3 Å². The second-order valence-electron chi connectivity index (χ2n) is 4.35. The normalized spacial score (nSPS) is 28.1. The van der Waals surface area contributed by atoms with Gasteiger partial charge in [-0.25, -0.2) is 0 Å². The summed E-state index contributed by atoms with van der Waals surface area (Å²) in [5, 5.41) is 3.45. The molecule has 2 atom stereocenters. The molecule has 0 aliphatic carbocycles. The van der Waals surface area contributed by atoms with Crippen LogP contribution in [0.1, 0.15) is 24.4 Å². The molecule has 2 aliphatic heterocycles. The van der Waals surface area contributed by atoms with Gasteiger partial charge in [-0.1, -0.05) is 6.07 Å². The fourth-order valence-corrected chi connectivity index (χ4v) is 2.38. The minimum absolute atomic E-state index is 0.189. The van der Waals surface area contributed by atoms with Gasteiger partial charge in [-0.2, -0.15) is 0 Å². The van der Waals surface area contributed by atoms with E-state index in [4.69, 9.17) is 15.2 Å². The van der Waals surface area contributed by atoms with Crippen LogP contribution in [0.3, 0.4) is 0 Å². The Hall–Kier alpha value is -1.26. The number of hydrogen-bond donors (Lipinski definition) is 2. The minimum Gasteiger partial charge on any atom is -0.454 e. The highest BCUT2D eigenvalue weighted by Crippen LogP contribution is 2.35. The molecule has 2 aliphatic rings. The fourth-order valence-electron chi connectivity index (χ4n) is 2.38. The van der Waals surface area contributed by atoms with Crippen LogP contribution in [-0.4, -0.2) is 19.4 Å². The summed E-state index contributed by atoms with van der Waals surface area (Å²) in [6.45, 7) is 1.36. The van der Waals surface area contributed by atoms with Crippen LogP contribution in [0.25, 0.3) is 0 Å². The van der Waals surface area contributed by atoms with Gasteiger partial charge in [0.25, 0.3) is 0 Å². The van der Waals surface area contributed by atoms with Gasteiger partial charge in [-0.3, -0.25) is 0 Å². The zero-order chi connectivity index (χ0) is 11.0. The number of ether oxygens (including phenoxy) is 2. The van der Waals surface area contributed by atoms with Crippen LogP contribution in [-0.2, 0) is 0 Å². The van der Waals surface area contributed by atoms with E-state index in [0.29, 0.717) is 6.79 Å². The Morgan fingerprint density at radius 2 is 2.12 bits per heavy atom. The number of hydrogen-bond acceptors (Lipinski definition) is 4. The van der Waals surface area contributed by atoms with Gasteiger partial charge in [0.15, 0.2) is 11.5 Å². The third-order valence-electron chi connectivity index (χ3n) is 3.26. The van der Waals surface area contributed by atoms with Crippen molar-refractivity contribution in [1.29, 1.82) is 0 Å². The van der Waals surface area contributed by atoms with Crippen molar-refractivity contribution in [2.24, 2.45) is 5.73 Å². The van der Waals surface area contributed by atoms with Gasteiger partial charge in [0.05, 0.1) is 0 Å². The number of rotatable bonds is 1. The average molecular weight is 220 g/mol. The zero-order valence-electron chi connectivity index (χ0n) is 9.11. The summed E-state index contributed by atoms with van der Waals surface area (Å²) in [5.74, 6) is 1.66. The lowest BCUT2D eigenvalue weighted by molar-refractivity contribution is 0.174. The second kappa shape index (κ2) is 3.96. The molecule has 1 fully saturated rings. The molecule has 4 heteroatoms. The standard InChI is InChI=1S/C12H16N2O2/c13-9-2-1-5-14-12(9)8-3-4-10-11(6-8)16-7-15-10/h3-4,6,9,12,14H,1-2,5,7,13H2.